The third-order valence-electron chi connectivity index (χ3n) is 5.76. The molecule has 0 aromatic heterocycles. The van der Waals surface area contributed by atoms with Crippen LogP contribution in [0.15, 0.2) is 23.1 Å². The molecule has 0 N–H and O–H groups in total. The van der Waals surface area contributed by atoms with Gasteiger partial charge in [0.25, 0.3) is 5.91 Å². The molecule has 1 unspecified atom stereocenters. The van der Waals surface area contributed by atoms with Gasteiger partial charge < -0.3 is 14.4 Å². The lowest BCUT2D eigenvalue weighted by Crippen LogP contribution is -2.43. The summed E-state index contributed by atoms with van der Waals surface area (Å²) in [5.41, 5.74) is 0.866. The Labute approximate surface area is 186 Å². The lowest BCUT2D eigenvalue weighted by molar-refractivity contribution is -0.135. The molecular weight excluding hydrogens is 420 g/mol. The molecule has 2 saturated heterocycles. The highest BCUT2D eigenvalue weighted by Gasteiger charge is 2.32. The van der Waals surface area contributed by atoms with Gasteiger partial charge in [0.05, 0.1) is 4.91 Å². The van der Waals surface area contributed by atoms with Crippen molar-refractivity contribution in [2.45, 2.75) is 51.5 Å². The van der Waals surface area contributed by atoms with Crippen molar-refractivity contribution in [3.63, 3.8) is 0 Å². The smallest absolute Gasteiger partial charge is 0.266 e. The van der Waals surface area contributed by atoms with Crippen molar-refractivity contribution in [3.8, 4) is 11.5 Å². The van der Waals surface area contributed by atoms with E-state index in [9.17, 15) is 9.59 Å². The van der Waals surface area contributed by atoms with Crippen molar-refractivity contribution in [2.24, 2.45) is 0 Å². The Morgan fingerprint density at radius 1 is 1.30 bits per heavy atom. The summed E-state index contributed by atoms with van der Waals surface area (Å²) in [6.07, 6.45) is 7.29. The number of thiocarbonyl (C=S) groups is 1. The summed E-state index contributed by atoms with van der Waals surface area (Å²) in [5, 5.41) is 0. The van der Waals surface area contributed by atoms with Gasteiger partial charge in [0.15, 0.2) is 11.5 Å². The maximum absolute atomic E-state index is 12.8. The van der Waals surface area contributed by atoms with Crippen LogP contribution >= 0.6 is 24.0 Å². The predicted molar refractivity (Wildman–Crippen MR) is 121 cm³/mol. The van der Waals surface area contributed by atoms with E-state index in [1.54, 1.807) is 4.90 Å². The molecule has 3 aliphatic rings. The number of amides is 2. The molecule has 0 radical (unpaired) electrons. The minimum absolute atomic E-state index is 0.0977. The molecule has 1 aromatic carbocycles. The molecule has 30 heavy (non-hydrogen) atoms. The average Bonchev–Trinajstić information content (AvgIpc) is 3.32. The second kappa shape index (κ2) is 9.39. The average molecular weight is 447 g/mol. The molecule has 1 atom stereocenters. The molecular formula is C22H26N2O4S2. The highest BCUT2D eigenvalue weighted by Crippen LogP contribution is 2.36. The third-order valence-corrected chi connectivity index (χ3v) is 7.14. The summed E-state index contributed by atoms with van der Waals surface area (Å²) in [7, 11) is 0. The number of hydrogen-bond acceptors (Lipinski definition) is 6. The molecule has 0 spiro atoms. The fraction of sp³-hybridized carbons (Fsp3) is 0.500. The van der Waals surface area contributed by atoms with Crippen molar-refractivity contribution >= 4 is 46.2 Å². The number of hydrogen-bond donors (Lipinski definition) is 0. The van der Waals surface area contributed by atoms with Crippen LogP contribution in [0.25, 0.3) is 6.08 Å². The van der Waals surface area contributed by atoms with Crippen LogP contribution in [-0.4, -0.2) is 51.9 Å². The van der Waals surface area contributed by atoms with Gasteiger partial charge in [-0.25, -0.2) is 0 Å². The van der Waals surface area contributed by atoms with Crippen LogP contribution in [0.2, 0.25) is 0 Å². The topological polar surface area (TPSA) is 59.1 Å². The molecule has 6 nitrogen and oxygen atoms in total. The van der Waals surface area contributed by atoms with Crippen LogP contribution in [0.4, 0.5) is 0 Å². The Hall–Kier alpha value is -2.06. The lowest BCUT2D eigenvalue weighted by atomic mass is 9.99. The molecule has 160 valence electrons. The van der Waals surface area contributed by atoms with E-state index in [1.807, 2.05) is 29.2 Å². The van der Waals surface area contributed by atoms with Crippen LogP contribution in [0, 0.1) is 0 Å². The number of nitrogens with zero attached hydrogens (tertiary/aromatic N) is 2. The number of ether oxygens (including phenoxy) is 2. The van der Waals surface area contributed by atoms with Gasteiger partial charge in [0.1, 0.15) is 4.32 Å². The Bertz CT molecular complexity index is 886. The number of thioether (sulfide) groups is 1. The van der Waals surface area contributed by atoms with Crippen LogP contribution in [0.3, 0.4) is 0 Å². The highest BCUT2D eigenvalue weighted by molar-refractivity contribution is 8.26. The zero-order valence-electron chi connectivity index (χ0n) is 17.1. The van der Waals surface area contributed by atoms with Gasteiger partial charge in [-0.2, -0.15) is 0 Å². The Morgan fingerprint density at radius 2 is 2.13 bits per heavy atom. The number of carbonyl (C=O) groups excluding carboxylic acids is 2. The highest BCUT2D eigenvalue weighted by atomic mass is 32.2. The lowest BCUT2D eigenvalue weighted by Gasteiger charge is -2.35. The first-order valence-electron chi connectivity index (χ1n) is 10.5. The van der Waals surface area contributed by atoms with Gasteiger partial charge in [0.2, 0.25) is 12.7 Å². The standard InChI is InChI=1S/C22H26N2O4S2/c1-2-16-6-3-4-10-23(16)20(25)7-5-11-24-21(26)19(30-22(24)29)13-15-8-9-17-18(12-15)28-14-27-17/h8-9,12-13,16H,2-7,10-11,14H2,1H3. The monoisotopic (exact) mass is 446 g/mol. The first-order valence-corrected chi connectivity index (χ1v) is 11.7. The van der Waals surface area contributed by atoms with Crippen molar-refractivity contribution < 1.29 is 19.1 Å². The van der Waals surface area contributed by atoms with Gasteiger partial charge in [-0.3, -0.25) is 14.5 Å². The van der Waals surface area contributed by atoms with Gasteiger partial charge in [-0.05, 0) is 55.9 Å². The normalized spacial score (nSPS) is 22.3. The number of benzene rings is 1. The van der Waals surface area contributed by atoms with Crippen LogP contribution < -0.4 is 9.47 Å². The van der Waals surface area contributed by atoms with Crippen LogP contribution in [0.5, 0.6) is 11.5 Å². The van der Waals surface area contributed by atoms with Crippen molar-refractivity contribution in [1.29, 1.82) is 0 Å². The van der Waals surface area contributed by atoms with E-state index in [4.69, 9.17) is 21.7 Å². The van der Waals surface area contributed by atoms with E-state index in [0.717, 1.165) is 31.4 Å². The number of carbonyl (C=O) groups is 2. The summed E-state index contributed by atoms with van der Waals surface area (Å²) in [4.78, 5) is 29.7. The van der Waals surface area contributed by atoms with Crippen LogP contribution in [0.1, 0.15) is 51.0 Å². The molecule has 0 aliphatic carbocycles. The zero-order chi connectivity index (χ0) is 21.1. The molecule has 2 fully saturated rings. The second-order valence-electron chi connectivity index (χ2n) is 7.69. The van der Waals surface area contributed by atoms with Gasteiger partial charge >= 0.3 is 0 Å². The minimum Gasteiger partial charge on any atom is -0.454 e. The Balaban J connectivity index is 1.33. The Morgan fingerprint density at radius 3 is 2.97 bits per heavy atom. The fourth-order valence-electron chi connectivity index (χ4n) is 4.13. The van der Waals surface area contributed by atoms with Crippen molar-refractivity contribution in [1.82, 2.24) is 9.80 Å². The first-order chi connectivity index (χ1) is 14.6. The summed E-state index contributed by atoms with van der Waals surface area (Å²) >= 11 is 6.72. The van der Waals surface area contributed by atoms with Crippen LogP contribution in [-0.2, 0) is 9.59 Å². The van der Waals surface area contributed by atoms with Gasteiger partial charge in [-0.15, -0.1) is 0 Å². The first kappa shape index (κ1) is 21.2. The van der Waals surface area contributed by atoms with Crippen molar-refractivity contribution in [2.75, 3.05) is 19.9 Å². The summed E-state index contributed by atoms with van der Waals surface area (Å²) in [6, 6.07) is 5.95. The largest absolute Gasteiger partial charge is 0.454 e. The number of likely N-dealkylation sites (tertiary alicyclic amines) is 1. The second-order valence-corrected chi connectivity index (χ2v) is 9.37. The zero-order valence-corrected chi connectivity index (χ0v) is 18.7. The van der Waals surface area contributed by atoms with E-state index in [1.165, 1.54) is 18.2 Å². The van der Waals surface area contributed by atoms with Crippen molar-refractivity contribution in [3.05, 3.63) is 28.7 Å². The quantitative estimate of drug-likeness (QED) is 0.482. The number of fused-ring (bicyclic) bond motifs is 1. The minimum atomic E-state index is -0.0977. The molecule has 8 heteroatoms. The molecule has 3 aliphatic heterocycles. The third kappa shape index (κ3) is 4.49. The Kier molecular flexibility index (Phi) is 6.63. The molecule has 0 bridgehead atoms. The van der Waals surface area contributed by atoms with E-state index in [0.29, 0.717) is 46.2 Å². The van der Waals surface area contributed by atoms with E-state index >= 15 is 0 Å². The van der Waals surface area contributed by atoms with E-state index in [-0.39, 0.29) is 18.6 Å². The van der Waals surface area contributed by atoms with E-state index < -0.39 is 0 Å². The predicted octanol–water partition coefficient (Wildman–Crippen LogP) is 4.19. The summed E-state index contributed by atoms with van der Waals surface area (Å²) in [5.74, 6) is 1.49. The molecule has 3 heterocycles. The van der Waals surface area contributed by atoms with Gasteiger partial charge in [0, 0.05) is 25.6 Å². The molecule has 1 aromatic rings. The number of piperidine rings is 1. The van der Waals surface area contributed by atoms with E-state index in [2.05, 4.69) is 6.92 Å². The SMILES string of the molecule is CCC1CCCCN1C(=O)CCCN1C(=O)C(=Cc2ccc3c(c2)OCO3)SC1=S. The summed E-state index contributed by atoms with van der Waals surface area (Å²) < 4.78 is 11.3. The molecule has 4 rings (SSSR count). The maximum atomic E-state index is 12.8. The van der Waals surface area contributed by atoms with Gasteiger partial charge in [-0.1, -0.05) is 37.0 Å². The molecule has 2 amide bonds. The number of rotatable bonds is 6. The molecule has 0 saturated carbocycles. The fourth-order valence-corrected chi connectivity index (χ4v) is 5.44. The summed E-state index contributed by atoms with van der Waals surface area (Å²) in [6.45, 7) is 3.69. The maximum Gasteiger partial charge on any atom is 0.266 e.